The highest BCUT2D eigenvalue weighted by molar-refractivity contribution is 4.92. The van der Waals surface area contributed by atoms with Gasteiger partial charge in [-0.1, -0.05) is 0 Å². The van der Waals surface area contributed by atoms with Crippen molar-refractivity contribution in [3.05, 3.63) is 0 Å². The maximum atomic E-state index is 13.0. The van der Waals surface area contributed by atoms with E-state index in [1.165, 1.54) is 0 Å². The molecule has 0 spiro atoms. The molecule has 0 amide bonds. The van der Waals surface area contributed by atoms with Crippen LogP contribution in [0.3, 0.4) is 0 Å². The third-order valence-electron chi connectivity index (χ3n) is 3.00. The molecule has 0 unspecified atom stereocenters. The average molecular weight is 382 g/mol. The Bertz CT molecular complexity index is 413. The molecular formula is C11H12F10O3. The van der Waals surface area contributed by atoms with E-state index in [4.69, 9.17) is 0 Å². The summed E-state index contributed by atoms with van der Waals surface area (Å²) in [6, 6.07) is 0. The first-order valence-corrected chi connectivity index (χ1v) is 6.24. The number of hydrogen-bond acceptors (Lipinski definition) is 3. The molecule has 0 aromatic heterocycles. The van der Waals surface area contributed by atoms with Crippen LogP contribution in [0.25, 0.3) is 0 Å². The highest BCUT2D eigenvalue weighted by Crippen LogP contribution is 2.46. The summed E-state index contributed by atoms with van der Waals surface area (Å²) in [5, 5.41) is 0. The molecule has 1 heterocycles. The van der Waals surface area contributed by atoms with Crippen molar-refractivity contribution in [2.45, 2.75) is 24.2 Å². The van der Waals surface area contributed by atoms with E-state index in [2.05, 4.69) is 14.2 Å². The Balaban J connectivity index is 2.52. The molecule has 1 aliphatic heterocycles. The minimum Gasteiger partial charge on any atom is -0.380 e. The van der Waals surface area contributed by atoms with Crippen LogP contribution in [-0.2, 0) is 14.2 Å². The maximum Gasteiger partial charge on any atom is 0.459 e. The molecule has 1 rings (SSSR count). The highest BCUT2D eigenvalue weighted by atomic mass is 19.4. The number of halogens is 10. The quantitative estimate of drug-likeness (QED) is 0.602. The Kier molecular flexibility index (Phi) is 6.04. The number of alkyl halides is 10. The van der Waals surface area contributed by atoms with Crippen LogP contribution in [-0.4, -0.2) is 63.8 Å². The molecule has 0 saturated carbocycles. The van der Waals surface area contributed by atoms with E-state index in [1.54, 1.807) is 0 Å². The molecule has 24 heavy (non-hydrogen) atoms. The summed E-state index contributed by atoms with van der Waals surface area (Å²) in [6.45, 7) is -5.92. The SMILES string of the molecule is FC(F)(F)COCC1(COCC(F)(F)C(F)(F)C(F)(F)F)COC1. The van der Waals surface area contributed by atoms with Gasteiger partial charge >= 0.3 is 24.2 Å². The Labute approximate surface area is 128 Å². The Morgan fingerprint density at radius 2 is 1.21 bits per heavy atom. The molecule has 0 aromatic rings. The zero-order chi connectivity index (χ0) is 18.9. The lowest BCUT2D eigenvalue weighted by Crippen LogP contribution is -2.55. The predicted molar refractivity (Wildman–Crippen MR) is 56.9 cm³/mol. The fourth-order valence-electron chi connectivity index (χ4n) is 1.68. The van der Waals surface area contributed by atoms with Gasteiger partial charge in [0.25, 0.3) is 0 Å². The number of hydrogen-bond donors (Lipinski definition) is 0. The first kappa shape index (κ1) is 21.2. The van der Waals surface area contributed by atoms with Crippen LogP contribution >= 0.6 is 0 Å². The first-order chi connectivity index (χ1) is 10.6. The van der Waals surface area contributed by atoms with Crippen molar-refractivity contribution in [2.75, 3.05) is 39.6 Å². The van der Waals surface area contributed by atoms with Gasteiger partial charge in [-0.15, -0.1) is 0 Å². The Morgan fingerprint density at radius 1 is 0.750 bits per heavy atom. The zero-order valence-electron chi connectivity index (χ0n) is 11.7. The van der Waals surface area contributed by atoms with E-state index in [0.717, 1.165) is 0 Å². The van der Waals surface area contributed by atoms with Gasteiger partial charge in [0, 0.05) is 0 Å². The smallest absolute Gasteiger partial charge is 0.380 e. The van der Waals surface area contributed by atoms with Gasteiger partial charge in [-0.2, -0.15) is 43.9 Å². The Morgan fingerprint density at radius 3 is 1.54 bits per heavy atom. The lowest BCUT2D eigenvalue weighted by Gasteiger charge is -2.41. The van der Waals surface area contributed by atoms with Crippen molar-refractivity contribution >= 4 is 0 Å². The van der Waals surface area contributed by atoms with E-state index >= 15 is 0 Å². The molecule has 0 atom stereocenters. The summed E-state index contributed by atoms with van der Waals surface area (Å²) >= 11 is 0. The van der Waals surface area contributed by atoms with Crippen molar-refractivity contribution in [3.63, 3.8) is 0 Å². The molecule has 0 aromatic carbocycles. The van der Waals surface area contributed by atoms with Crippen LogP contribution < -0.4 is 0 Å². The van der Waals surface area contributed by atoms with Crippen LogP contribution in [0, 0.1) is 5.41 Å². The molecule has 3 nitrogen and oxygen atoms in total. The van der Waals surface area contributed by atoms with E-state index in [-0.39, 0.29) is 13.2 Å². The van der Waals surface area contributed by atoms with E-state index in [9.17, 15) is 43.9 Å². The van der Waals surface area contributed by atoms with Gasteiger partial charge in [0.1, 0.15) is 13.2 Å². The number of ether oxygens (including phenoxy) is 3. The predicted octanol–water partition coefficient (Wildman–Crippen LogP) is 3.43. The fourth-order valence-corrected chi connectivity index (χ4v) is 1.68. The van der Waals surface area contributed by atoms with Gasteiger partial charge in [0.2, 0.25) is 0 Å². The van der Waals surface area contributed by atoms with Crippen LogP contribution in [0.4, 0.5) is 43.9 Å². The third-order valence-corrected chi connectivity index (χ3v) is 3.00. The van der Waals surface area contributed by atoms with Gasteiger partial charge in [-0.25, -0.2) is 0 Å². The summed E-state index contributed by atoms with van der Waals surface area (Å²) in [5.41, 5.74) is -1.31. The lowest BCUT2D eigenvalue weighted by molar-refractivity contribution is -0.363. The largest absolute Gasteiger partial charge is 0.459 e. The molecule has 1 fully saturated rings. The van der Waals surface area contributed by atoms with Crippen LogP contribution in [0.2, 0.25) is 0 Å². The molecule has 144 valence electrons. The fraction of sp³-hybridized carbons (Fsp3) is 1.00. The monoisotopic (exact) mass is 382 g/mol. The molecule has 0 N–H and O–H groups in total. The second kappa shape index (κ2) is 6.83. The van der Waals surface area contributed by atoms with Gasteiger partial charge in [-0.3, -0.25) is 0 Å². The summed E-state index contributed by atoms with van der Waals surface area (Å²) in [4.78, 5) is 0. The normalized spacial score (nSPS) is 19.2. The second-order valence-electron chi connectivity index (χ2n) is 5.37. The summed E-state index contributed by atoms with van der Waals surface area (Å²) < 4.78 is 136. The van der Waals surface area contributed by atoms with Gasteiger partial charge in [-0.05, 0) is 0 Å². The minimum absolute atomic E-state index is 0.272. The molecular weight excluding hydrogens is 370 g/mol. The molecule has 1 aliphatic rings. The van der Waals surface area contributed by atoms with Crippen LogP contribution in [0.1, 0.15) is 0 Å². The molecule has 13 heteroatoms. The van der Waals surface area contributed by atoms with Crippen molar-refractivity contribution < 1.29 is 58.1 Å². The molecule has 1 saturated heterocycles. The van der Waals surface area contributed by atoms with Crippen molar-refractivity contribution in [2.24, 2.45) is 5.41 Å². The van der Waals surface area contributed by atoms with Gasteiger partial charge in [0.15, 0.2) is 0 Å². The highest BCUT2D eigenvalue weighted by Gasteiger charge is 2.73. The van der Waals surface area contributed by atoms with Crippen LogP contribution in [0.5, 0.6) is 0 Å². The van der Waals surface area contributed by atoms with E-state index in [0.29, 0.717) is 0 Å². The second-order valence-corrected chi connectivity index (χ2v) is 5.37. The molecule has 0 aliphatic carbocycles. The standard InChI is InChI=1S/C11H12F10O3/c12-8(13,10(17,18)11(19,20)21)5-23-3-7(1-22-2-7)4-24-6-9(14,15)16/h1-6H2. The first-order valence-electron chi connectivity index (χ1n) is 6.24. The minimum atomic E-state index is -6.48. The summed E-state index contributed by atoms with van der Waals surface area (Å²) in [6.07, 6.45) is -11.1. The summed E-state index contributed by atoms with van der Waals surface area (Å²) in [7, 11) is 0. The lowest BCUT2D eigenvalue weighted by atomic mass is 9.88. The van der Waals surface area contributed by atoms with Crippen molar-refractivity contribution in [1.29, 1.82) is 0 Å². The van der Waals surface area contributed by atoms with Gasteiger partial charge < -0.3 is 14.2 Å². The maximum absolute atomic E-state index is 13.0. The number of rotatable bonds is 8. The van der Waals surface area contributed by atoms with Crippen LogP contribution in [0.15, 0.2) is 0 Å². The Hall–Kier alpha value is -0.820. The average Bonchev–Trinajstić information content (AvgIpc) is 2.31. The molecule has 0 bridgehead atoms. The third kappa shape index (κ3) is 5.09. The van der Waals surface area contributed by atoms with E-state index < -0.39 is 56.0 Å². The summed E-state index contributed by atoms with van der Waals surface area (Å²) in [5.74, 6) is -11.8. The van der Waals surface area contributed by atoms with Crippen molar-refractivity contribution in [1.82, 2.24) is 0 Å². The van der Waals surface area contributed by atoms with Gasteiger partial charge in [0.05, 0.1) is 31.8 Å². The molecule has 0 radical (unpaired) electrons. The van der Waals surface area contributed by atoms with E-state index in [1.807, 2.05) is 0 Å². The topological polar surface area (TPSA) is 27.7 Å². The van der Waals surface area contributed by atoms with Crippen molar-refractivity contribution in [3.8, 4) is 0 Å². The zero-order valence-corrected chi connectivity index (χ0v) is 11.7.